The number of hydrogen-bond donors (Lipinski definition) is 1. The molecular weight excluding hydrogens is 287 g/mol. The van der Waals surface area contributed by atoms with E-state index in [1.807, 2.05) is 4.90 Å². The fourth-order valence-corrected chi connectivity index (χ4v) is 2.41. The third-order valence-electron chi connectivity index (χ3n) is 3.48. The molecule has 1 aromatic carbocycles. The summed E-state index contributed by atoms with van der Waals surface area (Å²) in [6, 6.07) is 4.25. The molecule has 116 valence electrons. The molecule has 0 aliphatic carbocycles. The number of aliphatic carboxylic acids is 1. The van der Waals surface area contributed by atoms with E-state index in [4.69, 9.17) is 9.84 Å². The maximum absolute atomic E-state index is 12.6. The molecule has 1 aliphatic rings. The summed E-state index contributed by atoms with van der Waals surface area (Å²) in [6.07, 6.45) is -4.54. The number of hydrogen-bond acceptors (Lipinski definition) is 3. The van der Waals surface area contributed by atoms with Crippen LogP contribution in [0.3, 0.4) is 0 Å². The minimum absolute atomic E-state index is 0.147. The molecule has 21 heavy (non-hydrogen) atoms. The highest BCUT2D eigenvalue weighted by Gasteiger charge is 2.31. The lowest BCUT2D eigenvalue weighted by Gasteiger charge is -2.34. The molecule has 0 radical (unpaired) electrons. The zero-order valence-electron chi connectivity index (χ0n) is 11.3. The molecule has 1 heterocycles. The number of morpholine rings is 1. The van der Waals surface area contributed by atoms with Crippen molar-refractivity contribution in [3.05, 3.63) is 35.4 Å². The van der Waals surface area contributed by atoms with Gasteiger partial charge in [0.15, 0.2) is 0 Å². The number of carboxylic acid groups (broad SMARTS) is 1. The summed E-state index contributed by atoms with van der Waals surface area (Å²) < 4.78 is 42.9. The van der Waals surface area contributed by atoms with E-state index in [1.54, 1.807) is 0 Å². The van der Waals surface area contributed by atoms with Gasteiger partial charge in [-0.25, -0.2) is 0 Å². The van der Waals surface area contributed by atoms with E-state index in [0.29, 0.717) is 31.9 Å². The van der Waals surface area contributed by atoms with Crippen molar-refractivity contribution in [2.75, 3.05) is 26.3 Å². The predicted molar refractivity (Wildman–Crippen MR) is 68.8 cm³/mol. The van der Waals surface area contributed by atoms with Crippen molar-refractivity contribution in [3.8, 4) is 0 Å². The number of carbonyl (C=O) groups is 1. The van der Waals surface area contributed by atoms with Gasteiger partial charge >= 0.3 is 12.1 Å². The third kappa shape index (κ3) is 4.18. The van der Waals surface area contributed by atoms with Gasteiger partial charge in [0.05, 0.1) is 25.2 Å². The first-order chi connectivity index (χ1) is 9.88. The number of halogens is 3. The van der Waals surface area contributed by atoms with E-state index in [0.717, 1.165) is 12.1 Å². The van der Waals surface area contributed by atoms with Crippen molar-refractivity contribution in [2.24, 2.45) is 0 Å². The lowest BCUT2D eigenvalue weighted by Crippen LogP contribution is -2.39. The number of rotatable bonds is 4. The second-order valence-electron chi connectivity index (χ2n) is 4.88. The smallest absolute Gasteiger partial charge is 0.416 e. The SMILES string of the molecule is O=C(O)CC(c1ccc(C(F)(F)F)cc1)N1CCOCC1. The van der Waals surface area contributed by atoms with Crippen molar-refractivity contribution >= 4 is 5.97 Å². The zero-order valence-corrected chi connectivity index (χ0v) is 11.3. The molecule has 0 amide bonds. The van der Waals surface area contributed by atoms with Gasteiger partial charge in [-0.05, 0) is 17.7 Å². The molecule has 4 nitrogen and oxygen atoms in total. The number of carboxylic acids is 1. The summed E-state index contributed by atoms with van der Waals surface area (Å²) in [4.78, 5) is 12.9. The quantitative estimate of drug-likeness (QED) is 0.929. The van der Waals surface area contributed by atoms with E-state index in [2.05, 4.69) is 0 Å². The summed E-state index contributed by atoms with van der Waals surface area (Å²) in [5.41, 5.74) is -0.158. The van der Waals surface area contributed by atoms with Crippen LogP contribution in [0.15, 0.2) is 24.3 Å². The van der Waals surface area contributed by atoms with E-state index >= 15 is 0 Å². The van der Waals surface area contributed by atoms with Crippen molar-refractivity contribution in [1.29, 1.82) is 0 Å². The Labute approximate surface area is 120 Å². The van der Waals surface area contributed by atoms with Gasteiger partial charge in [-0.15, -0.1) is 0 Å². The molecule has 0 bridgehead atoms. The van der Waals surface area contributed by atoms with Crippen LogP contribution in [0.4, 0.5) is 13.2 Å². The molecule has 1 fully saturated rings. The number of alkyl halides is 3. The molecule has 1 saturated heterocycles. The first kappa shape index (κ1) is 15.8. The van der Waals surface area contributed by atoms with Gasteiger partial charge in [-0.2, -0.15) is 13.2 Å². The zero-order chi connectivity index (χ0) is 15.5. The summed E-state index contributed by atoms with van der Waals surface area (Å²) in [6.45, 7) is 2.13. The molecule has 2 rings (SSSR count). The van der Waals surface area contributed by atoms with E-state index < -0.39 is 23.8 Å². The molecule has 0 spiro atoms. The monoisotopic (exact) mass is 303 g/mol. The first-order valence-corrected chi connectivity index (χ1v) is 6.58. The van der Waals surface area contributed by atoms with E-state index in [-0.39, 0.29) is 6.42 Å². The largest absolute Gasteiger partial charge is 0.481 e. The normalized spacial score (nSPS) is 18.4. The Hall–Kier alpha value is -1.60. The van der Waals surface area contributed by atoms with Crippen molar-refractivity contribution in [2.45, 2.75) is 18.6 Å². The Kier molecular flexibility index (Phi) is 4.84. The van der Waals surface area contributed by atoms with E-state index in [1.165, 1.54) is 12.1 Å². The Morgan fingerprint density at radius 2 is 1.81 bits per heavy atom. The minimum Gasteiger partial charge on any atom is -0.481 e. The highest BCUT2D eigenvalue weighted by Crippen LogP contribution is 2.32. The van der Waals surface area contributed by atoms with Crippen LogP contribution in [-0.2, 0) is 15.7 Å². The standard InChI is InChI=1S/C14H16F3NO3/c15-14(16,17)11-3-1-10(2-4-11)12(9-13(19)20)18-5-7-21-8-6-18/h1-4,12H,5-9H2,(H,19,20). The van der Waals surface area contributed by atoms with Gasteiger partial charge in [-0.1, -0.05) is 12.1 Å². The summed E-state index contributed by atoms with van der Waals surface area (Å²) in [5.74, 6) is -0.980. The highest BCUT2D eigenvalue weighted by atomic mass is 19.4. The Morgan fingerprint density at radius 3 is 2.29 bits per heavy atom. The van der Waals surface area contributed by atoms with Gasteiger partial charge in [0.2, 0.25) is 0 Å². The maximum atomic E-state index is 12.6. The predicted octanol–water partition coefficient (Wildman–Crippen LogP) is 2.55. The van der Waals surface area contributed by atoms with Crippen LogP contribution < -0.4 is 0 Å². The molecule has 1 N–H and O–H groups in total. The van der Waals surface area contributed by atoms with Crippen LogP contribution in [0.2, 0.25) is 0 Å². The maximum Gasteiger partial charge on any atom is 0.416 e. The molecular formula is C14H16F3NO3. The van der Waals surface area contributed by atoms with Crippen molar-refractivity contribution < 1.29 is 27.8 Å². The first-order valence-electron chi connectivity index (χ1n) is 6.58. The molecule has 0 saturated carbocycles. The van der Waals surface area contributed by atoms with Crippen molar-refractivity contribution in [1.82, 2.24) is 4.90 Å². The number of benzene rings is 1. The van der Waals surface area contributed by atoms with Crippen molar-refractivity contribution in [3.63, 3.8) is 0 Å². The second kappa shape index (κ2) is 6.44. The van der Waals surface area contributed by atoms with Gasteiger partial charge in [0, 0.05) is 19.1 Å². The lowest BCUT2D eigenvalue weighted by atomic mass is 10.00. The van der Waals surface area contributed by atoms with Crippen LogP contribution in [0.25, 0.3) is 0 Å². The van der Waals surface area contributed by atoms with Crippen LogP contribution in [0, 0.1) is 0 Å². The average molecular weight is 303 g/mol. The van der Waals surface area contributed by atoms with Gasteiger partial charge in [0.1, 0.15) is 0 Å². The Bertz CT molecular complexity index is 481. The average Bonchev–Trinajstić information content (AvgIpc) is 2.45. The number of nitrogens with zero attached hydrogens (tertiary/aromatic N) is 1. The van der Waals surface area contributed by atoms with Crippen LogP contribution in [0.1, 0.15) is 23.6 Å². The Morgan fingerprint density at radius 1 is 1.24 bits per heavy atom. The second-order valence-corrected chi connectivity index (χ2v) is 4.88. The van der Waals surface area contributed by atoms with Gasteiger partial charge in [0.25, 0.3) is 0 Å². The number of ether oxygens (including phenoxy) is 1. The molecule has 1 aliphatic heterocycles. The summed E-state index contributed by atoms with van der Waals surface area (Å²) >= 11 is 0. The fourth-order valence-electron chi connectivity index (χ4n) is 2.41. The molecule has 0 aromatic heterocycles. The third-order valence-corrected chi connectivity index (χ3v) is 3.48. The van der Waals surface area contributed by atoms with E-state index in [9.17, 15) is 18.0 Å². The lowest BCUT2D eigenvalue weighted by molar-refractivity contribution is -0.139. The topological polar surface area (TPSA) is 49.8 Å². The van der Waals surface area contributed by atoms with Gasteiger partial charge in [-0.3, -0.25) is 9.69 Å². The van der Waals surface area contributed by atoms with Crippen LogP contribution in [0.5, 0.6) is 0 Å². The molecule has 1 atom stereocenters. The minimum atomic E-state index is -4.39. The summed E-state index contributed by atoms with van der Waals surface area (Å²) in [7, 11) is 0. The molecule has 7 heteroatoms. The fraction of sp³-hybridized carbons (Fsp3) is 0.500. The molecule has 1 aromatic rings. The summed E-state index contributed by atoms with van der Waals surface area (Å²) in [5, 5.41) is 9.02. The van der Waals surface area contributed by atoms with Crippen LogP contribution >= 0.6 is 0 Å². The van der Waals surface area contributed by atoms with Crippen LogP contribution in [-0.4, -0.2) is 42.3 Å². The van der Waals surface area contributed by atoms with Gasteiger partial charge < -0.3 is 9.84 Å². The Balaban J connectivity index is 2.21. The molecule has 1 unspecified atom stereocenters. The highest BCUT2D eigenvalue weighted by molar-refractivity contribution is 5.68.